The summed E-state index contributed by atoms with van der Waals surface area (Å²) in [5, 5.41) is 0. The fourth-order valence-corrected chi connectivity index (χ4v) is 1.92. The van der Waals surface area contributed by atoms with Crippen molar-refractivity contribution in [2.45, 2.75) is 46.8 Å². The first-order valence-corrected chi connectivity index (χ1v) is 6.16. The van der Waals surface area contributed by atoms with Gasteiger partial charge in [0, 0.05) is 18.5 Å². The lowest BCUT2D eigenvalue weighted by molar-refractivity contribution is -0.0283. The first-order valence-electron chi connectivity index (χ1n) is 6.16. The molecular formula is C14H24N2O. The Kier molecular flexibility index (Phi) is 4.66. The predicted molar refractivity (Wildman–Crippen MR) is 70.8 cm³/mol. The van der Waals surface area contributed by atoms with Gasteiger partial charge in [-0.25, -0.2) is 0 Å². The van der Waals surface area contributed by atoms with Gasteiger partial charge in [-0.15, -0.1) is 0 Å². The molecule has 0 saturated heterocycles. The lowest BCUT2D eigenvalue weighted by Gasteiger charge is -2.35. The third-order valence-corrected chi connectivity index (χ3v) is 2.85. The minimum atomic E-state index is -0.136. The minimum absolute atomic E-state index is 0.00277. The third-order valence-electron chi connectivity index (χ3n) is 2.85. The number of aromatic nitrogens is 1. The molecular weight excluding hydrogens is 212 g/mol. The Hall–Kier alpha value is -0.930. The number of pyridine rings is 1. The molecule has 1 rings (SSSR count). The summed E-state index contributed by atoms with van der Waals surface area (Å²) in [5.74, 6) is 0. The van der Waals surface area contributed by atoms with Gasteiger partial charge in [-0.2, -0.15) is 0 Å². The smallest absolute Gasteiger partial charge is 0.0816 e. The van der Waals surface area contributed by atoms with Gasteiger partial charge >= 0.3 is 0 Å². The van der Waals surface area contributed by atoms with Crippen LogP contribution in [0.2, 0.25) is 0 Å². The van der Waals surface area contributed by atoms with Crippen LogP contribution in [0, 0.1) is 12.3 Å². The van der Waals surface area contributed by atoms with E-state index in [-0.39, 0.29) is 17.6 Å². The Bertz CT molecular complexity index is 340. The molecule has 0 aromatic carbocycles. The third kappa shape index (κ3) is 3.79. The van der Waals surface area contributed by atoms with E-state index >= 15 is 0 Å². The number of hydrogen-bond acceptors (Lipinski definition) is 3. The molecule has 2 N–H and O–H groups in total. The van der Waals surface area contributed by atoms with Crippen molar-refractivity contribution >= 4 is 0 Å². The topological polar surface area (TPSA) is 48.1 Å². The molecule has 3 nitrogen and oxygen atoms in total. The van der Waals surface area contributed by atoms with Gasteiger partial charge in [0.15, 0.2) is 0 Å². The first kappa shape index (κ1) is 14.1. The molecule has 0 aliphatic rings. The fraction of sp³-hybridized carbons (Fsp3) is 0.643. The highest BCUT2D eigenvalue weighted by Gasteiger charge is 2.31. The molecule has 0 amide bonds. The predicted octanol–water partition coefficient (Wildman–Crippen LogP) is 2.84. The molecule has 2 atom stereocenters. The molecule has 1 aromatic rings. The van der Waals surface area contributed by atoms with Gasteiger partial charge in [0.1, 0.15) is 0 Å². The number of rotatable bonds is 4. The lowest BCUT2D eigenvalue weighted by atomic mass is 9.82. The van der Waals surface area contributed by atoms with Crippen LogP contribution in [-0.2, 0) is 4.74 Å². The van der Waals surface area contributed by atoms with Crippen LogP contribution < -0.4 is 5.73 Å². The van der Waals surface area contributed by atoms with E-state index in [0.717, 1.165) is 11.3 Å². The summed E-state index contributed by atoms with van der Waals surface area (Å²) >= 11 is 0. The molecule has 3 heteroatoms. The minimum Gasteiger partial charge on any atom is -0.376 e. The molecule has 0 radical (unpaired) electrons. The van der Waals surface area contributed by atoms with Crippen LogP contribution in [0.1, 0.15) is 45.0 Å². The average Bonchev–Trinajstić information content (AvgIpc) is 2.24. The molecule has 0 aliphatic carbocycles. The van der Waals surface area contributed by atoms with Gasteiger partial charge < -0.3 is 10.5 Å². The summed E-state index contributed by atoms with van der Waals surface area (Å²) in [5.41, 5.74) is 8.35. The van der Waals surface area contributed by atoms with E-state index in [9.17, 15) is 0 Å². The van der Waals surface area contributed by atoms with Crippen molar-refractivity contribution in [1.29, 1.82) is 0 Å². The molecule has 2 unspecified atom stereocenters. The van der Waals surface area contributed by atoms with E-state index in [1.54, 1.807) is 0 Å². The van der Waals surface area contributed by atoms with E-state index in [1.165, 1.54) is 0 Å². The normalized spacial score (nSPS) is 15.6. The number of hydrogen-bond donors (Lipinski definition) is 1. The van der Waals surface area contributed by atoms with Crippen LogP contribution in [0.5, 0.6) is 0 Å². The highest BCUT2D eigenvalue weighted by Crippen LogP contribution is 2.31. The Morgan fingerprint density at radius 2 is 2.00 bits per heavy atom. The monoisotopic (exact) mass is 236 g/mol. The molecule has 96 valence electrons. The zero-order valence-electron chi connectivity index (χ0n) is 11.5. The van der Waals surface area contributed by atoms with Crippen LogP contribution in [-0.4, -0.2) is 17.7 Å². The van der Waals surface area contributed by atoms with E-state index in [1.807, 2.05) is 32.2 Å². The van der Waals surface area contributed by atoms with E-state index in [2.05, 4.69) is 25.8 Å². The summed E-state index contributed by atoms with van der Waals surface area (Å²) in [6.45, 7) is 11.1. The molecule has 0 saturated carbocycles. The number of ether oxygens (including phenoxy) is 1. The van der Waals surface area contributed by atoms with Crippen molar-refractivity contribution in [3.63, 3.8) is 0 Å². The summed E-state index contributed by atoms with van der Waals surface area (Å²) in [4.78, 5) is 4.29. The lowest BCUT2D eigenvalue weighted by Crippen LogP contribution is -2.39. The van der Waals surface area contributed by atoms with Crippen molar-refractivity contribution < 1.29 is 4.74 Å². The summed E-state index contributed by atoms with van der Waals surface area (Å²) < 4.78 is 5.80. The Morgan fingerprint density at radius 1 is 1.35 bits per heavy atom. The van der Waals surface area contributed by atoms with Crippen molar-refractivity contribution in [3.05, 3.63) is 29.6 Å². The quantitative estimate of drug-likeness (QED) is 0.874. The number of nitrogens with two attached hydrogens (primary N) is 1. The summed E-state index contributed by atoms with van der Waals surface area (Å²) in [6.07, 6.45) is 1.84. The van der Waals surface area contributed by atoms with Gasteiger partial charge in [0.2, 0.25) is 0 Å². The standard InChI is InChI=1S/C14H24N2O/c1-6-17-13(14(3,4)5)12(15)11-8-7-10(2)16-9-11/h7-9,12-13H,6,15H2,1-5H3. The van der Waals surface area contributed by atoms with Gasteiger partial charge in [0.25, 0.3) is 0 Å². The van der Waals surface area contributed by atoms with Gasteiger partial charge in [0.05, 0.1) is 12.1 Å². The second kappa shape index (κ2) is 5.61. The van der Waals surface area contributed by atoms with Crippen molar-refractivity contribution in [1.82, 2.24) is 4.98 Å². The summed E-state index contributed by atoms with van der Waals surface area (Å²) in [6, 6.07) is 3.88. The molecule has 0 fully saturated rings. The first-order chi connectivity index (χ1) is 7.86. The number of aryl methyl sites for hydroxylation is 1. The SMILES string of the molecule is CCOC(C(N)c1ccc(C)nc1)C(C)(C)C. The maximum Gasteiger partial charge on any atom is 0.0816 e. The second-order valence-electron chi connectivity index (χ2n) is 5.50. The zero-order chi connectivity index (χ0) is 13.1. The molecule has 17 heavy (non-hydrogen) atoms. The second-order valence-corrected chi connectivity index (χ2v) is 5.50. The molecule has 0 aliphatic heterocycles. The molecule has 1 aromatic heterocycles. The molecule has 0 bridgehead atoms. The van der Waals surface area contributed by atoms with Gasteiger partial charge in [-0.3, -0.25) is 4.98 Å². The van der Waals surface area contributed by atoms with Crippen molar-refractivity contribution in [3.8, 4) is 0 Å². The molecule has 1 heterocycles. The van der Waals surface area contributed by atoms with Crippen LogP contribution in [0.15, 0.2) is 18.3 Å². The largest absolute Gasteiger partial charge is 0.376 e. The van der Waals surface area contributed by atoms with E-state index in [0.29, 0.717) is 6.61 Å². The zero-order valence-corrected chi connectivity index (χ0v) is 11.5. The van der Waals surface area contributed by atoms with Gasteiger partial charge in [-0.05, 0) is 30.9 Å². The highest BCUT2D eigenvalue weighted by molar-refractivity contribution is 5.18. The average molecular weight is 236 g/mol. The van der Waals surface area contributed by atoms with E-state index < -0.39 is 0 Å². The maximum absolute atomic E-state index is 6.30. The highest BCUT2D eigenvalue weighted by atomic mass is 16.5. The number of nitrogens with zero attached hydrogens (tertiary/aromatic N) is 1. The van der Waals surface area contributed by atoms with Gasteiger partial charge in [-0.1, -0.05) is 26.8 Å². The Labute approximate surface area is 104 Å². The molecule has 0 spiro atoms. The van der Waals surface area contributed by atoms with Crippen LogP contribution in [0.3, 0.4) is 0 Å². The van der Waals surface area contributed by atoms with Crippen LogP contribution in [0.25, 0.3) is 0 Å². The maximum atomic E-state index is 6.30. The van der Waals surface area contributed by atoms with E-state index in [4.69, 9.17) is 10.5 Å². The van der Waals surface area contributed by atoms with Crippen molar-refractivity contribution in [2.24, 2.45) is 11.1 Å². The fourth-order valence-electron chi connectivity index (χ4n) is 1.92. The van der Waals surface area contributed by atoms with Crippen molar-refractivity contribution in [2.75, 3.05) is 6.61 Å². The Balaban J connectivity index is 2.91. The van der Waals surface area contributed by atoms with Crippen LogP contribution >= 0.6 is 0 Å². The summed E-state index contributed by atoms with van der Waals surface area (Å²) in [7, 11) is 0. The van der Waals surface area contributed by atoms with Crippen LogP contribution in [0.4, 0.5) is 0 Å². The Morgan fingerprint density at radius 3 is 2.41 bits per heavy atom.